The lowest BCUT2D eigenvalue weighted by molar-refractivity contribution is 0.0949. The Balaban J connectivity index is 1.92. The van der Waals surface area contributed by atoms with E-state index in [2.05, 4.69) is 34.3 Å². The maximum Gasteiger partial charge on any atom is 0.254 e. The van der Waals surface area contributed by atoms with Crippen LogP contribution in [0.15, 0.2) is 48.5 Å². The summed E-state index contributed by atoms with van der Waals surface area (Å²) in [6.07, 6.45) is 0. The maximum atomic E-state index is 12.0. The van der Waals surface area contributed by atoms with Crippen molar-refractivity contribution in [1.29, 1.82) is 0 Å². The Morgan fingerprint density at radius 3 is 2.67 bits per heavy atom. The second kappa shape index (κ2) is 4.38. The number of benzene rings is 2. The first kappa shape index (κ1) is 12.0. The highest BCUT2D eigenvalue weighted by molar-refractivity contribution is 6.03. The predicted molar refractivity (Wildman–Crippen MR) is 83.9 cm³/mol. The van der Waals surface area contributed by atoms with Crippen LogP contribution in [0.4, 0.5) is 11.5 Å². The van der Waals surface area contributed by atoms with Gasteiger partial charge in [0.1, 0.15) is 5.82 Å². The fraction of sp³-hybridized carbons (Fsp3) is 0.118. The number of para-hydroxylation sites is 2. The first-order valence-electron chi connectivity index (χ1n) is 6.98. The molecule has 0 fully saturated rings. The number of aryl methyl sites for hydroxylation is 1. The molecular formula is C17H15N3O. The van der Waals surface area contributed by atoms with Crippen molar-refractivity contribution in [2.45, 2.75) is 6.92 Å². The van der Waals surface area contributed by atoms with Crippen LogP contribution in [-0.2, 0) is 0 Å². The van der Waals surface area contributed by atoms with Crippen molar-refractivity contribution in [2.24, 2.45) is 0 Å². The molecule has 104 valence electrons. The molecule has 0 aliphatic carbocycles. The number of nitrogens with zero attached hydrogens (tertiary/aromatic N) is 1. The van der Waals surface area contributed by atoms with E-state index in [-0.39, 0.29) is 5.91 Å². The molecule has 1 aliphatic heterocycles. The van der Waals surface area contributed by atoms with Gasteiger partial charge in [-0.2, -0.15) is 0 Å². The van der Waals surface area contributed by atoms with Crippen LogP contribution in [0, 0.1) is 6.92 Å². The lowest BCUT2D eigenvalue weighted by Crippen LogP contribution is -2.41. The Morgan fingerprint density at radius 1 is 1.05 bits per heavy atom. The minimum Gasteiger partial charge on any atom is -0.341 e. The van der Waals surface area contributed by atoms with Gasteiger partial charge in [-0.25, -0.2) is 0 Å². The summed E-state index contributed by atoms with van der Waals surface area (Å²) >= 11 is 0. The van der Waals surface area contributed by atoms with E-state index in [4.69, 9.17) is 0 Å². The van der Waals surface area contributed by atoms with Gasteiger partial charge in [0.25, 0.3) is 5.91 Å². The Labute approximate surface area is 122 Å². The van der Waals surface area contributed by atoms with E-state index in [0.717, 1.165) is 17.0 Å². The molecule has 0 radical (unpaired) electrons. The monoisotopic (exact) mass is 277 g/mol. The van der Waals surface area contributed by atoms with Crippen LogP contribution in [0.2, 0.25) is 0 Å². The Kier molecular flexibility index (Phi) is 2.51. The summed E-state index contributed by atoms with van der Waals surface area (Å²) in [5, 5.41) is 4.14. The van der Waals surface area contributed by atoms with Crippen molar-refractivity contribution in [3.63, 3.8) is 0 Å². The number of carbonyl (C=O) groups excluding carboxylic acids is 1. The SMILES string of the molecule is Cc1c(N2CNC(=O)c3ccccc32)[nH]c2ccccc12. The standard InChI is InChI=1S/C17H15N3O/c1-11-12-6-2-4-8-14(12)19-16(11)20-10-18-17(21)13-7-3-5-9-15(13)20/h2-9,19H,10H2,1H3,(H,18,21). The van der Waals surface area contributed by atoms with Gasteiger partial charge >= 0.3 is 0 Å². The van der Waals surface area contributed by atoms with Crippen molar-refractivity contribution in [3.8, 4) is 0 Å². The molecular weight excluding hydrogens is 262 g/mol. The van der Waals surface area contributed by atoms with E-state index < -0.39 is 0 Å². The Morgan fingerprint density at radius 2 is 1.81 bits per heavy atom. The van der Waals surface area contributed by atoms with Crippen LogP contribution in [0.3, 0.4) is 0 Å². The van der Waals surface area contributed by atoms with E-state index in [1.54, 1.807) is 0 Å². The van der Waals surface area contributed by atoms with Gasteiger partial charge in [0.2, 0.25) is 0 Å². The van der Waals surface area contributed by atoms with Crippen LogP contribution in [0.1, 0.15) is 15.9 Å². The Hall–Kier alpha value is -2.75. The number of hydrogen-bond acceptors (Lipinski definition) is 2. The first-order chi connectivity index (χ1) is 10.3. The molecule has 4 rings (SSSR count). The van der Waals surface area contributed by atoms with Crippen molar-refractivity contribution in [3.05, 3.63) is 59.7 Å². The zero-order chi connectivity index (χ0) is 14.4. The van der Waals surface area contributed by atoms with Gasteiger partial charge in [-0.15, -0.1) is 0 Å². The summed E-state index contributed by atoms with van der Waals surface area (Å²) in [6.45, 7) is 2.58. The second-order valence-electron chi connectivity index (χ2n) is 5.25. The zero-order valence-electron chi connectivity index (χ0n) is 11.7. The number of fused-ring (bicyclic) bond motifs is 2. The minimum atomic E-state index is -0.0179. The average molecular weight is 277 g/mol. The molecule has 0 unspecified atom stereocenters. The lowest BCUT2D eigenvalue weighted by Gasteiger charge is -2.30. The fourth-order valence-electron chi connectivity index (χ4n) is 2.97. The number of anilines is 2. The number of carbonyl (C=O) groups is 1. The van der Waals surface area contributed by atoms with Crippen LogP contribution in [0.5, 0.6) is 0 Å². The van der Waals surface area contributed by atoms with E-state index in [1.807, 2.05) is 36.4 Å². The molecule has 1 aromatic heterocycles. The number of H-pyrrole nitrogens is 1. The molecule has 3 aromatic rings. The van der Waals surface area contributed by atoms with Gasteiger partial charge in [-0.05, 0) is 30.7 Å². The summed E-state index contributed by atoms with van der Waals surface area (Å²) < 4.78 is 0. The van der Waals surface area contributed by atoms with Crippen molar-refractivity contribution >= 4 is 28.3 Å². The molecule has 0 atom stereocenters. The molecule has 1 aliphatic rings. The smallest absolute Gasteiger partial charge is 0.254 e. The molecule has 4 nitrogen and oxygen atoms in total. The molecule has 0 spiro atoms. The Bertz CT molecular complexity index is 850. The molecule has 4 heteroatoms. The third-order valence-electron chi connectivity index (χ3n) is 4.05. The summed E-state index contributed by atoms with van der Waals surface area (Å²) in [5.41, 5.74) is 3.95. The highest BCUT2D eigenvalue weighted by Crippen LogP contribution is 2.35. The van der Waals surface area contributed by atoms with Crippen molar-refractivity contribution < 1.29 is 4.79 Å². The molecule has 2 N–H and O–H groups in total. The third-order valence-corrected chi connectivity index (χ3v) is 4.05. The highest BCUT2D eigenvalue weighted by atomic mass is 16.2. The molecule has 21 heavy (non-hydrogen) atoms. The number of hydrogen-bond donors (Lipinski definition) is 2. The van der Waals surface area contributed by atoms with E-state index in [9.17, 15) is 4.79 Å². The maximum absolute atomic E-state index is 12.0. The van der Waals surface area contributed by atoms with Gasteiger partial charge in [-0.3, -0.25) is 4.79 Å². The molecule has 2 heterocycles. The van der Waals surface area contributed by atoms with Crippen LogP contribution >= 0.6 is 0 Å². The summed E-state index contributed by atoms with van der Waals surface area (Å²) in [7, 11) is 0. The average Bonchev–Trinajstić information content (AvgIpc) is 2.86. The summed E-state index contributed by atoms with van der Waals surface area (Å²) in [5.74, 6) is 1.01. The summed E-state index contributed by atoms with van der Waals surface area (Å²) in [4.78, 5) is 17.6. The lowest BCUT2D eigenvalue weighted by atomic mass is 10.1. The third kappa shape index (κ3) is 1.72. The number of aromatic nitrogens is 1. The molecule has 2 aromatic carbocycles. The zero-order valence-corrected chi connectivity index (χ0v) is 11.7. The van der Waals surface area contributed by atoms with Gasteiger partial charge in [0, 0.05) is 10.9 Å². The minimum absolute atomic E-state index is 0.0179. The number of amides is 1. The second-order valence-corrected chi connectivity index (χ2v) is 5.25. The quantitative estimate of drug-likeness (QED) is 0.717. The molecule has 1 amide bonds. The van der Waals surface area contributed by atoms with Crippen LogP contribution in [0.25, 0.3) is 10.9 Å². The van der Waals surface area contributed by atoms with E-state index >= 15 is 0 Å². The van der Waals surface area contributed by atoms with Crippen molar-refractivity contribution in [2.75, 3.05) is 11.6 Å². The number of nitrogens with one attached hydrogen (secondary N) is 2. The van der Waals surface area contributed by atoms with Gasteiger partial charge in [0.05, 0.1) is 17.9 Å². The van der Waals surface area contributed by atoms with Crippen LogP contribution < -0.4 is 10.2 Å². The van der Waals surface area contributed by atoms with E-state index in [0.29, 0.717) is 12.2 Å². The topological polar surface area (TPSA) is 48.1 Å². The van der Waals surface area contributed by atoms with Crippen molar-refractivity contribution in [1.82, 2.24) is 10.3 Å². The first-order valence-corrected chi connectivity index (χ1v) is 6.98. The molecule has 0 saturated heterocycles. The number of aromatic amines is 1. The largest absolute Gasteiger partial charge is 0.341 e. The molecule has 0 bridgehead atoms. The normalized spacial score (nSPS) is 14.1. The van der Waals surface area contributed by atoms with E-state index in [1.165, 1.54) is 10.9 Å². The van der Waals surface area contributed by atoms with Gasteiger partial charge in [0.15, 0.2) is 0 Å². The highest BCUT2D eigenvalue weighted by Gasteiger charge is 2.25. The van der Waals surface area contributed by atoms with Gasteiger partial charge < -0.3 is 15.2 Å². The van der Waals surface area contributed by atoms with Gasteiger partial charge in [-0.1, -0.05) is 30.3 Å². The predicted octanol–water partition coefficient (Wildman–Crippen LogP) is 3.32. The summed E-state index contributed by atoms with van der Waals surface area (Å²) in [6, 6.07) is 15.9. The number of rotatable bonds is 1. The molecule has 0 saturated carbocycles. The van der Waals surface area contributed by atoms with Crippen LogP contribution in [-0.4, -0.2) is 17.6 Å². The fourth-order valence-corrected chi connectivity index (χ4v) is 2.97.